The highest BCUT2D eigenvalue weighted by Crippen LogP contribution is 2.49. The van der Waals surface area contributed by atoms with Gasteiger partial charge in [0.2, 0.25) is 0 Å². The molecule has 0 radical (unpaired) electrons. The second-order valence-electron chi connectivity index (χ2n) is 3.86. The van der Waals surface area contributed by atoms with E-state index in [0.29, 0.717) is 0 Å². The molecule has 0 rings (SSSR count). The summed E-state index contributed by atoms with van der Waals surface area (Å²) in [6, 6.07) is 0. The van der Waals surface area contributed by atoms with Gasteiger partial charge in [-0.2, -0.15) is 26.3 Å². The monoisotopic (exact) mass is 320 g/mol. The summed E-state index contributed by atoms with van der Waals surface area (Å²) in [5, 5.41) is 17.0. The second kappa shape index (κ2) is 6.85. The molecule has 20 heavy (non-hydrogen) atoms. The fraction of sp³-hybridized carbons (Fsp3) is 1.00. The van der Waals surface area contributed by atoms with Gasteiger partial charge in [0.15, 0.2) is 0 Å². The van der Waals surface area contributed by atoms with Crippen LogP contribution in [0.4, 0.5) is 35.1 Å². The number of aliphatic hydroxyl groups is 2. The Hall–Kier alpha value is -0.680. The summed E-state index contributed by atoms with van der Waals surface area (Å²) in [6.45, 7) is -2.70. The molecule has 0 spiro atoms. The molecule has 0 aromatic rings. The van der Waals surface area contributed by atoms with Gasteiger partial charge in [-0.05, 0) is 0 Å². The normalized spacial score (nSPS) is 15.8. The van der Waals surface area contributed by atoms with Crippen LogP contribution in [0.15, 0.2) is 0 Å². The van der Waals surface area contributed by atoms with E-state index in [1.54, 1.807) is 0 Å². The maximum atomic E-state index is 12.9. The Labute approximate surface area is 108 Å². The maximum Gasteiger partial charge on any atom is 0.377 e. The lowest BCUT2D eigenvalue weighted by Crippen LogP contribution is -2.57. The van der Waals surface area contributed by atoms with Crippen molar-refractivity contribution in [1.82, 2.24) is 0 Å². The van der Waals surface area contributed by atoms with Gasteiger partial charge < -0.3 is 14.9 Å². The van der Waals surface area contributed by atoms with Gasteiger partial charge in [-0.1, -0.05) is 0 Å². The average Bonchev–Trinajstić information content (AvgIpc) is 2.33. The first kappa shape index (κ1) is 19.3. The Morgan fingerprint density at radius 2 is 1.50 bits per heavy atom. The zero-order valence-electron chi connectivity index (χ0n) is 9.81. The van der Waals surface area contributed by atoms with Crippen molar-refractivity contribution < 1.29 is 50.1 Å². The van der Waals surface area contributed by atoms with Crippen LogP contribution in [0.5, 0.6) is 0 Å². The first-order chi connectivity index (χ1) is 8.90. The highest BCUT2D eigenvalue weighted by atomic mass is 19.4. The van der Waals surface area contributed by atoms with Gasteiger partial charge in [-0.25, -0.2) is 8.78 Å². The van der Waals surface area contributed by atoms with Crippen LogP contribution >= 0.6 is 0 Å². The van der Waals surface area contributed by atoms with Crippen molar-refractivity contribution >= 4 is 0 Å². The van der Waals surface area contributed by atoms with Gasteiger partial charge in [0.25, 0.3) is 0 Å². The van der Waals surface area contributed by atoms with Gasteiger partial charge in [-0.15, -0.1) is 0 Å². The van der Waals surface area contributed by atoms with Crippen LogP contribution in [0.25, 0.3) is 0 Å². The summed E-state index contributed by atoms with van der Waals surface area (Å²) >= 11 is 0. The van der Waals surface area contributed by atoms with Gasteiger partial charge in [0.1, 0.15) is 6.10 Å². The minimum Gasteiger partial charge on any atom is -0.394 e. The molecule has 0 heterocycles. The van der Waals surface area contributed by atoms with Gasteiger partial charge in [-0.3, -0.25) is 0 Å². The molecule has 0 amide bonds. The predicted molar refractivity (Wildman–Crippen MR) is 49.4 cm³/mol. The van der Waals surface area contributed by atoms with Crippen LogP contribution < -0.4 is 0 Å². The second-order valence-corrected chi connectivity index (χ2v) is 3.86. The van der Waals surface area contributed by atoms with E-state index in [1.165, 1.54) is 0 Å². The van der Waals surface area contributed by atoms with E-state index >= 15 is 0 Å². The van der Waals surface area contributed by atoms with Crippen molar-refractivity contribution in [3.63, 3.8) is 0 Å². The Morgan fingerprint density at radius 3 is 1.90 bits per heavy atom. The van der Waals surface area contributed by atoms with Crippen molar-refractivity contribution in [2.24, 2.45) is 0 Å². The van der Waals surface area contributed by atoms with Crippen molar-refractivity contribution in [1.29, 1.82) is 0 Å². The van der Waals surface area contributed by atoms with Gasteiger partial charge in [0.05, 0.1) is 19.8 Å². The fourth-order valence-corrected chi connectivity index (χ4v) is 1.01. The molecule has 0 fully saturated rings. The van der Waals surface area contributed by atoms with Crippen LogP contribution in [-0.4, -0.2) is 60.3 Å². The molecule has 0 aromatic carbocycles. The van der Waals surface area contributed by atoms with Crippen LogP contribution in [0.2, 0.25) is 0 Å². The number of hydrogen-bond donors (Lipinski definition) is 2. The molecule has 1 unspecified atom stereocenters. The minimum absolute atomic E-state index is 0.705. The van der Waals surface area contributed by atoms with Crippen LogP contribution in [0.1, 0.15) is 6.42 Å². The molecule has 2 N–H and O–H groups in total. The molecule has 0 aliphatic carbocycles. The largest absolute Gasteiger partial charge is 0.394 e. The van der Waals surface area contributed by atoms with Crippen molar-refractivity contribution in [2.75, 3.05) is 19.8 Å². The summed E-state index contributed by atoms with van der Waals surface area (Å²) < 4.78 is 104. The zero-order valence-corrected chi connectivity index (χ0v) is 9.81. The predicted octanol–water partition coefficient (Wildman–Crippen LogP) is 1.92. The first-order valence-electron chi connectivity index (χ1n) is 5.18. The lowest BCUT2D eigenvalue weighted by atomic mass is 10.0. The summed E-state index contributed by atoms with van der Waals surface area (Å²) in [4.78, 5) is 0. The molecule has 0 bridgehead atoms. The standard InChI is InChI=1S/C9H12F8O3/c10-6(11)8(14,15)9(16,17)7(12,13)1-2-20-4-5(19)3-18/h5-6,18-19H,1-4H2. The summed E-state index contributed by atoms with van der Waals surface area (Å²) in [5.74, 6) is -17.9. The number of hydrogen-bond acceptors (Lipinski definition) is 3. The Morgan fingerprint density at radius 1 is 1.00 bits per heavy atom. The molecule has 11 heteroatoms. The topological polar surface area (TPSA) is 49.7 Å². The van der Waals surface area contributed by atoms with E-state index in [9.17, 15) is 35.1 Å². The maximum absolute atomic E-state index is 12.9. The average molecular weight is 320 g/mol. The number of halogens is 8. The quantitative estimate of drug-likeness (QED) is 0.504. The van der Waals surface area contributed by atoms with Crippen LogP contribution in [0, 0.1) is 0 Å². The third-order valence-electron chi connectivity index (χ3n) is 2.23. The third kappa shape index (κ3) is 4.16. The molecule has 0 aliphatic heterocycles. The summed E-state index contributed by atoms with van der Waals surface area (Å²) in [7, 11) is 0. The molecule has 1 atom stereocenters. The molecule has 122 valence electrons. The van der Waals surface area contributed by atoms with Crippen molar-refractivity contribution in [2.45, 2.75) is 36.7 Å². The molecule has 0 saturated carbocycles. The third-order valence-corrected chi connectivity index (χ3v) is 2.23. The summed E-state index contributed by atoms with van der Waals surface area (Å²) in [6.07, 6.45) is -8.38. The number of ether oxygens (including phenoxy) is 1. The molecule has 0 aromatic heterocycles. The number of aliphatic hydroxyl groups excluding tert-OH is 2. The zero-order chi connectivity index (χ0) is 16.2. The molecule has 0 aliphatic rings. The smallest absolute Gasteiger partial charge is 0.377 e. The highest BCUT2D eigenvalue weighted by Gasteiger charge is 2.74. The Balaban J connectivity index is 4.62. The molecule has 3 nitrogen and oxygen atoms in total. The van der Waals surface area contributed by atoms with Gasteiger partial charge >= 0.3 is 24.2 Å². The Kier molecular flexibility index (Phi) is 6.62. The fourth-order valence-electron chi connectivity index (χ4n) is 1.01. The highest BCUT2D eigenvalue weighted by molar-refractivity contribution is 4.97. The minimum atomic E-state index is -6.26. The number of alkyl halides is 8. The van der Waals surface area contributed by atoms with E-state index < -0.39 is 56.5 Å². The molecule has 0 saturated heterocycles. The Bertz CT molecular complexity index is 297. The van der Waals surface area contributed by atoms with Gasteiger partial charge in [0, 0.05) is 6.42 Å². The molecular weight excluding hydrogens is 308 g/mol. The first-order valence-corrected chi connectivity index (χ1v) is 5.18. The molecular formula is C9H12F8O3. The number of rotatable bonds is 9. The lowest BCUT2D eigenvalue weighted by Gasteiger charge is -2.32. The lowest BCUT2D eigenvalue weighted by molar-refractivity contribution is -0.340. The SMILES string of the molecule is OCC(O)COCCC(F)(F)C(F)(F)C(F)(F)C(F)F. The van der Waals surface area contributed by atoms with E-state index in [2.05, 4.69) is 4.74 Å². The van der Waals surface area contributed by atoms with Crippen molar-refractivity contribution in [3.05, 3.63) is 0 Å². The van der Waals surface area contributed by atoms with Crippen LogP contribution in [-0.2, 0) is 4.74 Å². The van der Waals surface area contributed by atoms with Crippen molar-refractivity contribution in [3.8, 4) is 0 Å². The van der Waals surface area contributed by atoms with E-state index in [0.717, 1.165) is 0 Å². The van der Waals surface area contributed by atoms with E-state index in [4.69, 9.17) is 10.2 Å². The van der Waals surface area contributed by atoms with E-state index in [1.807, 2.05) is 0 Å². The van der Waals surface area contributed by atoms with E-state index in [-0.39, 0.29) is 0 Å². The van der Waals surface area contributed by atoms with Crippen LogP contribution in [0.3, 0.4) is 0 Å². The summed E-state index contributed by atoms with van der Waals surface area (Å²) in [5.41, 5.74) is 0.